The molecule has 3 aliphatic rings. The molecule has 158 valence electrons. The van der Waals surface area contributed by atoms with Crippen LogP contribution in [0.3, 0.4) is 0 Å². The lowest BCUT2D eigenvalue weighted by molar-refractivity contribution is -0.136. The topological polar surface area (TPSA) is 74.8 Å². The summed E-state index contributed by atoms with van der Waals surface area (Å²) in [5, 5.41) is 3.11. The summed E-state index contributed by atoms with van der Waals surface area (Å²) in [7, 11) is 0. The van der Waals surface area contributed by atoms with Crippen molar-refractivity contribution in [2.75, 3.05) is 39.4 Å². The van der Waals surface area contributed by atoms with Crippen molar-refractivity contribution in [3.05, 3.63) is 29.6 Å². The highest BCUT2D eigenvalue weighted by Crippen LogP contribution is 2.35. The maximum Gasteiger partial charge on any atom is 0.253 e. The Bertz CT molecular complexity index is 731. The van der Waals surface area contributed by atoms with Crippen LogP contribution in [0.5, 0.6) is 0 Å². The van der Waals surface area contributed by atoms with Gasteiger partial charge in [0.15, 0.2) is 0 Å². The Kier molecular flexibility index (Phi) is 6.45. The average Bonchev–Trinajstić information content (AvgIpc) is 3.49. The van der Waals surface area contributed by atoms with Crippen LogP contribution in [0.4, 0.5) is 0 Å². The number of hydrogen-bond donors (Lipinski definition) is 1. The van der Waals surface area contributed by atoms with Gasteiger partial charge in [0.05, 0.1) is 18.8 Å². The van der Waals surface area contributed by atoms with E-state index in [2.05, 4.69) is 15.2 Å². The fraction of sp³-hybridized carbons (Fsp3) is 0.682. The third-order valence-corrected chi connectivity index (χ3v) is 6.49. The molecule has 3 heterocycles. The molecule has 0 aromatic carbocycles. The van der Waals surface area contributed by atoms with Crippen molar-refractivity contribution in [3.8, 4) is 0 Å². The number of carbonyl (C=O) groups is 2. The maximum absolute atomic E-state index is 12.8. The molecule has 29 heavy (non-hydrogen) atoms. The van der Waals surface area contributed by atoms with E-state index in [1.807, 2.05) is 17.9 Å². The molecule has 7 nitrogen and oxygen atoms in total. The van der Waals surface area contributed by atoms with Gasteiger partial charge in [0, 0.05) is 57.1 Å². The van der Waals surface area contributed by atoms with Crippen LogP contribution < -0.4 is 5.32 Å². The number of amides is 2. The molecule has 2 atom stereocenters. The molecule has 1 N–H and O–H groups in total. The van der Waals surface area contributed by atoms with E-state index in [-0.39, 0.29) is 17.9 Å². The number of carbonyl (C=O) groups excluding carboxylic acids is 2. The second kappa shape index (κ2) is 9.22. The summed E-state index contributed by atoms with van der Waals surface area (Å²) in [5.41, 5.74) is 1.58. The maximum atomic E-state index is 12.8. The molecule has 7 heteroatoms. The molecule has 1 aromatic rings. The highest BCUT2D eigenvalue weighted by atomic mass is 16.5. The van der Waals surface area contributed by atoms with Gasteiger partial charge in [-0.05, 0) is 50.2 Å². The standard InChI is InChI=1S/C22H32N4O3/c1-16-6-7-23-14-20(16)22(28)24-13-19-5-4-18(26(19)15-17-2-3-17)12-21(27)25-8-10-29-11-9-25/h6-7,14,17-19H,2-5,8-13,15H2,1H3,(H,24,28)/t18-,19+/m1/s1. The average molecular weight is 401 g/mol. The molecule has 1 saturated carbocycles. The van der Waals surface area contributed by atoms with Gasteiger partial charge >= 0.3 is 0 Å². The minimum atomic E-state index is -0.0604. The molecule has 1 aromatic heterocycles. The van der Waals surface area contributed by atoms with Gasteiger partial charge < -0.3 is 15.0 Å². The smallest absolute Gasteiger partial charge is 0.253 e. The number of nitrogens with zero attached hydrogens (tertiary/aromatic N) is 3. The molecule has 2 aliphatic heterocycles. The molecule has 4 rings (SSSR count). The van der Waals surface area contributed by atoms with E-state index < -0.39 is 0 Å². The molecule has 2 amide bonds. The number of aromatic nitrogens is 1. The summed E-state index contributed by atoms with van der Waals surface area (Å²) in [5.74, 6) is 0.942. The predicted octanol–water partition coefficient (Wildman–Crippen LogP) is 1.61. The first-order valence-corrected chi connectivity index (χ1v) is 10.9. The number of morpholine rings is 1. The number of nitrogens with one attached hydrogen (secondary N) is 1. The number of rotatable bonds is 7. The van der Waals surface area contributed by atoms with Crippen molar-refractivity contribution < 1.29 is 14.3 Å². The van der Waals surface area contributed by atoms with Crippen LogP contribution in [0, 0.1) is 12.8 Å². The summed E-state index contributed by atoms with van der Waals surface area (Å²) < 4.78 is 5.37. The molecule has 0 bridgehead atoms. The van der Waals surface area contributed by atoms with E-state index >= 15 is 0 Å². The van der Waals surface area contributed by atoms with Gasteiger partial charge in [-0.1, -0.05) is 0 Å². The van der Waals surface area contributed by atoms with Crippen LogP contribution >= 0.6 is 0 Å². The molecule has 1 aliphatic carbocycles. The second-order valence-electron chi connectivity index (χ2n) is 8.62. The molecule has 2 saturated heterocycles. The van der Waals surface area contributed by atoms with Gasteiger partial charge in [0.25, 0.3) is 5.91 Å². The van der Waals surface area contributed by atoms with E-state index in [1.165, 1.54) is 12.8 Å². The second-order valence-corrected chi connectivity index (χ2v) is 8.62. The molecule has 0 spiro atoms. The molecule has 3 fully saturated rings. The minimum absolute atomic E-state index is 0.0604. The van der Waals surface area contributed by atoms with Crippen LogP contribution in [0.25, 0.3) is 0 Å². The summed E-state index contributed by atoms with van der Waals surface area (Å²) in [6.45, 7) is 6.31. The highest BCUT2D eigenvalue weighted by molar-refractivity contribution is 5.95. The Morgan fingerprint density at radius 1 is 1.17 bits per heavy atom. The molecule has 0 unspecified atom stereocenters. The first-order chi connectivity index (χ1) is 14.1. The Hall–Kier alpha value is -1.99. The first kappa shape index (κ1) is 20.3. The fourth-order valence-corrected chi connectivity index (χ4v) is 4.50. The van der Waals surface area contributed by atoms with E-state index in [1.54, 1.807) is 12.4 Å². The Balaban J connectivity index is 1.34. The summed E-state index contributed by atoms with van der Waals surface area (Å²) in [4.78, 5) is 33.9. The van der Waals surface area contributed by atoms with Crippen LogP contribution in [-0.4, -0.2) is 78.1 Å². The normalized spacial score (nSPS) is 25.2. The Morgan fingerprint density at radius 3 is 2.66 bits per heavy atom. The minimum Gasteiger partial charge on any atom is -0.378 e. The van der Waals surface area contributed by atoms with Gasteiger partial charge in [-0.15, -0.1) is 0 Å². The van der Waals surface area contributed by atoms with Crippen LogP contribution in [0.2, 0.25) is 0 Å². The lowest BCUT2D eigenvalue weighted by Crippen LogP contribution is -2.47. The van der Waals surface area contributed by atoms with Gasteiger partial charge in [-0.3, -0.25) is 19.5 Å². The summed E-state index contributed by atoms with van der Waals surface area (Å²) in [6.07, 6.45) is 8.54. The molecular formula is C22H32N4O3. The van der Waals surface area contributed by atoms with Crippen molar-refractivity contribution in [2.24, 2.45) is 5.92 Å². The van der Waals surface area contributed by atoms with Crippen molar-refractivity contribution in [1.29, 1.82) is 0 Å². The summed E-state index contributed by atoms with van der Waals surface area (Å²) >= 11 is 0. The van der Waals surface area contributed by atoms with E-state index in [0.29, 0.717) is 50.9 Å². The quantitative estimate of drug-likeness (QED) is 0.753. The number of ether oxygens (including phenoxy) is 1. The van der Waals surface area contributed by atoms with Gasteiger partial charge in [-0.25, -0.2) is 0 Å². The first-order valence-electron chi connectivity index (χ1n) is 10.9. The van der Waals surface area contributed by atoms with Gasteiger partial charge in [0.1, 0.15) is 0 Å². The van der Waals surface area contributed by atoms with Crippen LogP contribution in [0.15, 0.2) is 18.5 Å². The van der Waals surface area contributed by atoms with Crippen molar-refractivity contribution in [1.82, 2.24) is 20.1 Å². The lowest BCUT2D eigenvalue weighted by Gasteiger charge is -2.33. The summed E-state index contributed by atoms with van der Waals surface area (Å²) in [6, 6.07) is 2.45. The van der Waals surface area contributed by atoms with Crippen LogP contribution in [-0.2, 0) is 9.53 Å². The Labute approximate surface area is 172 Å². The van der Waals surface area contributed by atoms with Gasteiger partial charge in [-0.2, -0.15) is 0 Å². The zero-order valence-electron chi connectivity index (χ0n) is 17.3. The molecular weight excluding hydrogens is 368 g/mol. The third-order valence-electron chi connectivity index (χ3n) is 6.49. The van der Waals surface area contributed by atoms with Crippen molar-refractivity contribution in [3.63, 3.8) is 0 Å². The number of hydrogen-bond acceptors (Lipinski definition) is 5. The molecule has 0 radical (unpaired) electrons. The van der Waals surface area contributed by atoms with Gasteiger partial charge in [0.2, 0.25) is 5.91 Å². The zero-order chi connectivity index (χ0) is 20.2. The SMILES string of the molecule is Cc1ccncc1C(=O)NC[C@@H]1CC[C@H](CC(=O)N2CCOCC2)N1CC1CC1. The number of aryl methyl sites for hydroxylation is 1. The van der Waals surface area contributed by atoms with Crippen LogP contribution in [0.1, 0.15) is 48.0 Å². The zero-order valence-corrected chi connectivity index (χ0v) is 17.3. The lowest BCUT2D eigenvalue weighted by atomic mass is 10.1. The monoisotopic (exact) mass is 400 g/mol. The van der Waals surface area contributed by atoms with Crippen molar-refractivity contribution >= 4 is 11.8 Å². The van der Waals surface area contributed by atoms with E-state index in [9.17, 15) is 9.59 Å². The van der Waals surface area contributed by atoms with E-state index in [4.69, 9.17) is 4.74 Å². The fourth-order valence-electron chi connectivity index (χ4n) is 4.50. The van der Waals surface area contributed by atoms with Crippen molar-refractivity contribution in [2.45, 2.75) is 51.1 Å². The third kappa shape index (κ3) is 5.14. The highest BCUT2D eigenvalue weighted by Gasteiger charge is 2.38. The Morgan fingerprint density at radius 2 is 1.93 bits per heavy atom. The van der Waals surface area contributed by atoms with E-state index in [0.717, 1.165) is 30.9 Å². The largest absolute Gasteiger partial charge is 0.378 e. The number of pyridine rings is 1. The predicted molar refractivity (Wildman–Crippen MR) is 110 cm³/mol. The number of likely N-dealkylation sites (tertiary alicyclic amines) is 1.